The van der Waals surface area contributed by atoms with Crippen LogP contribution in [-0.4, -0.2) is 28.7 Å². The summed E-state index contributed by atoms with van der Waals surface area (Å²) in [4.78, 5) is 13.8. The van der Waals surface area contributed by atoms with E-state index in [4.69, 9.17) is 0 Å². The number of carbonyl (C=O) groups excluding carboxylic acids is 1. The van der Waals surface area contributed by atoms with Crippen molar-refractivity contribution in [2.75, 3.05) is 11.9 Å². The van der Waals surface area contributed by atoms with Gasteiger partial charge in [-0.1, -0.05) is 22.0 Å². The van der Waals surface area contributed by atoms with Crippen molar-refractivity contribution in [1.82, 2.24) is 4.90 Å². The van der Waals surface area contributed by atoms with E-state index in [9.17, 15) is 13.6 Å². The van der Waals surface area contributed by atoms with Crippen LogP contribution in [0.25, 0.3) is 0 Å². The first-order chi connectivity index (χ1) is 8.61. The molecule has 1 aromatic carbocycles. The molecule has 0 bridgehead atoms. The monoisotopic (exact) mass is 317 g/mol. The quantitative estimate of drug-likeness (QED) is 0.765. The molecule has 0 aromatic heterocycles. The fraction of sp³-hybridized carbons (Fsp3) is 0.462. The van der Waals surface area contributed by atoms with Crippen LogP contribution in [0.4, 0.5) is 8.78 Å². The highest BCUT2D eigenvalue weighted by Crippen LogP contribution is 2.27. The highest BCUT2D eigenvalue weighted by Gasteiger charge is 2.32. The first-order valence-corrected chi connectivity index (χ1v) is 7.03. The first-order valence-electron chi connectivity index (χ1n) is 5.91. The maximum Gasteiger partial charge on any atom is 0.227 e. The zero-order valence-electron chi connectivity index (χ0n) is 9.83. The van der Waals surface area contributed by atoms with E-state index in [1.807, 2.05) is 0 Å². The van der Waals surface area contributed by atoms with Crippen molar-refractivity contribution in [3.63, 3.8) is 0 Å². The molecule has 2 nitrogen and oxygen atoms in total. The lowest BCUT2D eigenvalue weighted by molar-refractivity contribution is -0.130. The van der Waals surface area contributed by atoms with Crippen LogP contribution >= 0.6 is 15.9 Å². The van der Waals surface area contributed by atoms with Gasteiger partial charge in [0.05, 0.1) is 6.42 Å². The van der Waals surface area contributed by atoms with Crippen LogP contribution < -0.4 is 0 Å². The van der Waals surface area contributed by atoms with E-state index in [2.05, 4.69) is 15.9 Å². The fourth-order valence-electron chi connectivity index (χ4n) is 1.92. The molecule has 1 saturated carbocycles. The molecular formula is C13H14BrF2NO. The Bertz CT molecular complexity index is 449. The maximum absolute atomic E-state index is 13.5. The summed E-state index contributed by atoms with van der Waals surface area (Å²) >= 11 is 3.31. The number of carbonyl (C=O) groups is 1. The minimum absolute atomic E-state index is 0.00435. The molecule has 98 valence electrons. The van der Waals surface area contributed by atoms with E-state index in [1.54, 1.807) is 4.90 Å². The third-order valence-corrected chi connectivity index (χ3v) is 3.34. The zero-order chi connectivity index (χ0) is 13.1. The predicted octanol–water partition coefficient (Wildman–Crippen LogP) is 2.89. The van der Waals surface area contributed by atoms with Crippen molar-refractivity contribution in [2.45, 2.75) is 25.3 Å². The highest BCUT2D eigenvalue weighted by atomic mass is 79.9. The fourth-order valence-corrected chi connectivity index (χ4v) is 2.30. The molecule has 1 aliphatic rings. The summed E-state index contributed by atoms with van der Waals surface area (Å²) in [6, 6.07) is 3.63. The Balaban J connectivity index is 2.05. The van der Waals surface area contributed by atoms with E-state index >= 15 is 0 Å². The van der Waals surface area contributed by atoms with E-state index in [0.29, 0.717) is 17.9 Å². The number of amides is 1. The third-order valence-electron chi connectivity index (χ3n) is 2.99. The summed E-state index contributed by atoms with van der Waals surface area (Å²) < 4.78 is 26.2. The van der Waals surface area contributed by atoms with Crippen LogP contribution in [0.2, 0.25) is 0 Å². The van der Waals surface area contributed by atoms with Crippen LogP contribution in [0.1, 0.15) is 18.4 Å². The Labute approximate surface area is 113 Å². The molecule has 2 rings (SSSR count). The standard InChI is InChI=1S/C13H14BrF2NO/c14-5-6-17(11-3-4-11)13(18)7-9-1-2-10(15)8-12(9)16/h1-2,8,11H,3-7H2. The average Bonchev–Trinajstić information content (AvgIpc) is 3.13. The van der Waals surface area contributed by atoms with Crippen molar-refractivity contribution in [3.8, 4) is 0 Å². The van der Waals surface area contributed by atoms with Crippen LogP contribution in [-0.2, 0) is 11.2 Å². The third kappa shape index (κ3) is 3.28. The molecule has 1 aliphatic carbocycles. The Hall–Kier alpha value is -0.970. The molecule has 0 aliphatic heterocycles. The van der Waals surface area contributed by atoms with Gasteiger partial charge in [0.1, 0.15) is 11.6 Å². The van der Waals surface area contributed by atoms with Crippen LogP contribution in [0.3, 0.4) is 0 Å². The second-order valence-electron chi connectivity index (χ2n) is 4.42. The van der Waals surface area contributed by atoms with Gasteiger partial charge in [0.25, 0.3) is 0 Å². The van der Waals surface area contributed by atoms with Crippen LogP contribution in [0, 0.1) is 11.6 Å². The minimum atomic E-state index is -0.655. The highest BCUT2D eigenvalue weighted by molar-refractivity contribution is 9.09. The number of halogens is 3. The van der Waals surface area contributed by atoms with E-state index in [-0.39, 0.29) is 17.9 Å². The van der Waals surface area contributed by atoms with E-state index in [1.165, 1.54) is 12.1 Å². The van der Waals surface area contributed by atoms with Gasteiger partial charge in [-0.15, -0.1) is 0 Å². The van der Waals surface area contributed by atoms with Crippen LogP contribution in [0.15, 0.2) is 18.2 Å². The van der Waals surface area contributed by atoms with Gasteiger partial charge in [0.2, 0.25) is 5.91 Å². The second-order valence-corrected chi connectivity index (χ2v) is 5.21. The molecule has 0 saturated heterocycles. The molecule has 5 heteroatoms. The van der Waals surface area contributed by atoms with Gasteiger partial charge >= 0.3 is 0 Å². The summed E-state index contributed by atoms with van der Waals surface area (Å²) in [6.07, 6.45) is 2.03. The molecular weight excluding hydrogens is 304 g/mol. The number of alkyl halides is 1. The minimum Gasteiger partial charge on any atom is -0.339 e. The van der Waals surface area contributed by atoms with Crippen LogP contribution in [0.5, 0.6) is 0 Å². The zero-order valence-corrected chi connectivity index (χ0v) is 11.4. The maximum atomic E-state index is 13.5. The Morgan fingerprint density at radius 2 is 2.11 bits per heavy atom. The first kappa shape index (κ1) is 13.5. The lowest BCUT2D eigenvalue weighted by atomic mass is 10.1. The smallest absolute Gasteiger partial charge is 0.227 e. The van der Waals surface area contributed by atoms with Gasteiger partial charge < -0.3 is 4.90 Å². The van der Waals surface area contributed by atoms with Crippen molar-refractivity contribution in [3.05, 3.63) is 35.4 Å². The number of hydrogen-bond donors (Lipinski definition) is 0. The number of rotatable bonds is 5. The topological polar surface area (TPSA) is 20.3 Å². The molecule has 1 aromatic rings. The summed E-state index contributed by atoms with van der Waals surface area (Å²) in [5.74, 6) is -1.37. The van der Waals surface area contributed by atoms with Gasteiger partial charge in [-0.3, -0.25) is 4.79 Å². The van der Waals surface area contributed by atoms with Gasteiger partial charge in [-0.25, -0.2) is 8.78 Å². The van der Waals surface area contributed by atoms with E-state index in [0.717, 1.165) is 18.9 Å². The number of hydrogen-bond acceptors (Lipinski definition) is 1. The van der Waals surface area contributed by atoms with Crippen molar-refractivity contribution < 1.29 is 13.6 Å². The normalized spacial score (nSPS) is 14.6. The average molecular weight is 318 g/mol. The lowest BCUT2D eigenvalue weighted by Crippen LogP contribution is -2.36. The summed E-state index contributed by atoms with van der Waals surface area (Å²) in [5.41, 5.74) is 0.252. The van der Waals surface area contributed by atoms with Crippen molar-refractivity contribution in [1.29, 1.82) is 0 Å². The lowest BCUT2D eigenvalue weighted by Gasteiger charge is -2.21. The molecule has 1 fully saturated rings. The van der Waals surface area contributed by atoms with Gasteiger partial charge in [0, 0.05) is 24.0 Å². The molecule has 0 radical (unpaired) electrons. The van der Waals surface area contributed by atoms with Crippen molar-refractivity contribution in [2.24, 2.45) is 0 Å². The number of nitrogens with zero attached hydrogens (tertiary/aromatic N) is 1. The Morgan fingerprint density at radius 3 is 2.67 bits per heavy atom. The SMILES string of the molecule is O=C(Cc1ccc(F)cc1F)N(CCBr)C1CC1. The molecule has 1 amide bonds. The Morgan fingerprint density at radius 1 is 1.39 bits per heavy atom. The van der Waals surface area contributed by atoms with Crippen molar-refractivity contribution >= 4 is 21.8 Å². The Kier molecular flexibility index (Phi) is 4.32. The largest absolute Gasteiger partial charge is 0.339 e. The molecule has 0 atom stereocenters. The molecule has 0 unspecified atom stereocenters. The van der Waals surface area contributed by atoms with Gasteiger partial charge in [0.15, 0.2) is 0 Å². The molecule has 18 heavy (non-hydrogen) atoms. The summed E-state index contributed by atoms with van der Waals surface area (Å²) in [5, 5.41) is 0.709. The van der Waals surface area contributed by atoms with E-state index < -0.39 is 11.6 Å². The second kappa shape index (κ2) is 5.78. The molecule has 0 spiro atoms. The summed E-state index contributed by atoms with van der Waals surface area (Å²) in [6.45, 7) is 0.631. The molecule has 0 N–H and O–H groups in total. The van der Waals surface area contributed by atoms with Gasteiger partial charge in [-0.2, -0.15) is 0 Å². The summed E-state index contributed by atoms with van der Waals surface area (Å²) in [7, 11) is 0. The number of benzene rings is 1. The van der Waals surface area contributed by atoms with Gasteiger partial charge in [-0.05, 0) is 24.5 Å². The predicted molar refractivity (Wildman–Crippen MR) is 68.6 cm³/mol. The molecule has 0 heterocycles.